The molecular formula is C13H33N5O2. The second-order valence-electron chi connectivity index (χ2n) is 4.51. The fourth-order valence-electron chi connectivity index (χ4n) is 1.60. The van der Waals surface area contributed by atoms with Gasteiger partial charge in [-0.3, -0.25) is 5.32 Å². The number of hydrogen-bond acceptors (Lipinski definition) is 7. The first-order valence-electron chi connectivity index (χ1n) is 7.62. The molecule has 7 N–H and O–H groups in total. The minimum absolute atomic E-state index is 0.497. The Bertz CT molecular complexity index is 186. The van der Waals surface area contributed by atoms with E-state index >= 15 is 0 Å². The summed E-state index contributed by atoms with van der Waals surface area (Å²) in [6.07, 6.45) is 0.422. The molecule has 0 aromatic heterocycles. The van der Waals surface area contributed by atoms with Crippen molar-refractivity contribution in [3.8, 4) is 0 Å². The molecule has 0 aliphatic carbocycles. The lowest BCUT2D eigenvalue weighted by Gasteiger charge is -2.14. The van der Waals surface area contributed by atoms with Crippen LogP contribution in [0.5, 0.6) is 0 Å². The summed E-state index contributed by atoms with van der Waals surface area (Å²) in [4.78, 5) is 0. The van der Waals surface area contributed by atoms with Crippen molar-refractivity contribution in [2.24, 2.45) is 5.73 Å². The van der Waals surface area contributed by atoms with Crippen molar-refractivity contribution in [1.29, 1.82) is 0 Å². The molecule has 0 bridgehead atoms. The van der Waals surface area contributed by atoms with Crippen LogP contribution < -0.4 is 27.0 Å². The lowest BCUT2D eigenvalue weighted by atomic mass is 10.4. The molecule has 0 spiro atoms. The van der Waals surface area contributed by atoms with Crippen molar-refractivity contribution in [2.45, 2.75) is 19.6 Å². The highest BCUT2D eigenvalue weighted by molar-refractivity contribution is 4.59. The van der Waals surface area contributed by atoms with E-state index in [2.05, 4.69) is 21.3 Å². The molecule has 0 saturated carbocycles. The van der Waals surface area contributed by atoms with E-state index in [-0.39, 0.29) is 0 Å². The van der Waals surface area contributed by atoms with E-state index in [1.165, 1.54) is 0 Å². The third kappa shape index (κ3) is 15.8. The van der Waals surface area contributed by atoms with Gasteiger partial charge in [-0.15, -0.1) is 0 Å². The zero-order valence-corrected chi connectivity index (χ0v) is 12.8. The highest BCUT2D eigenvalue weighted by atomic mass is 16.5. The van der Waals surface area contributed by atoms with Crippen molar-refractivity contribution >= 4 is 0 Å². The SMILES string of the molecule is CCOCCCNC(O)CNCCNCCNCCN. The summed E-state index contributed by atoms with van der Waals surface area (Å²) in [6, 6.07) is 0. The number of nitrogens with one attached hydrogen (secondary N) is 4. The number of hydrogen-bond donors (Lipinski definition) is 6. The van der Waals surface area contributed by atoms with E-state index in [0.29, 0.717) is 13.1 Å². The lowest BCUT2D eigenvalue weighted by Crippen LogP contribution is -2.41. The molecule has 7 nitrogen and oxygen atoms in total. The Labute approximate surface area is 123 Å². The molecule has 122 valence electrons. The van der Waals surface area contributed by atoms with Gasteiger partial charge in [0.2, 0.25) is 0 Å². The Morgan fingerprint density at radius 2 is 1.65 bits per heavy atom. The van der Waals surface area contributed by atoms with E-state index < -0.39 is 6.23 Å². The average molecular weight is 291 g/mol. The zero-order chi connectivity index (χ0) is 14.9. The first-order valence-corrected chi connectivity index (χ1v) is 7.62. The van der Waals surface area contributed by atoms with Gasteiger partial charge in [-0.25, -0.2) is 0 Å². The van der Waals surface area contributed by atoms with Gasteiger partial charge in [0.1, 0.15) is 6.23 Å². The standard InChI is InChI=1S/C13H33N5O2/c1-2-20-11-3-5-18-13(19)12-17-10-9-16-8-7-15-6-4-14/h13,15-19H,2-12,14H2,1H3. The summed E-state index contributed by atoms with van der Waals surface area (Å²) in [6.45, 7) is 9.93. The molecule has 0 aromatic rings. The minimum Gasteiger partial charge on any atom is -0.382 e. The van der Waals surface area contributed by atoms with Crippen LogP contribution in [-0.4, -0.2) is 76.9 Å². The van der Waals surface area contributed by atoms with Gasteiger partial charge in [-0.2, -0.15) is 0 Å². The van der Waals surface area contributed by atoms with Crippen molar-refractivity contribution in [3.05, 3.63) is 0 Å². The Hall–Kier alpha value is -0.280. The van der Waals surface area contributed by atoms with E-state index in [4.69, 9.17) is 10.5 Å². The molecule has 0 saturated heterocycles. The topological polar surface area (TPSA) is 104 Å². The Morgan fingerprint density at radius 3 is 2.30 bits per heavy atom. The molecule has 0 fully saturated rings. The summed E-state index contributed by atoms with van der Waals surface area (Å²) in [7, 11) is 0. The summed E-state index contributed by atoms with van der Waals surface area (Å²) < 4.78 is 5.22. The highest BCUT2D eigenvalue weighted by Gasteiger charge is 2.01. The Balaban J connectivity index is 3.09. The normalized spacial score (nSPS) is 12.8. The Kier molecular flexibility index (Phi) is 16.5. The van der Waals surface area contributed by atoms with Crippen LogP contribution in [0.4, 0.5) is 0 Å². The quantitative estimate of drug-likeness (QED) is 0.145. The molecular weight excluding hydrogens is 258 g/mol. The number of rotatable bonds is 16. The number of nitrogens with two attached hydrogens (primary N) is 1. The van der Waals surface area contributed by atoms with Crippen LogP contribution in [0.2, 0.25) is 0 Å². The average Bonchev–Trinajstić information content (AvgIpc) is 2.45. The first kappa shape index (κ1) is 19.7. The van der Waals surface area contributed by atoms with Crippen LogP contribution >= 0.6 is 0 Å². The smallest absolute Gasteiger partial charge is 0.117 e. The molecule has 20 heavy (non-hydrogen) atoms. The molecule has 0 heterocycles. The first-order chi connectivity index (χ1) is 9.81. The third-order valence-electron chi connectivity index (χ3n) is 2.67. The van der Waals surface area contributed by atoms with E-state index in [1.54, 1.807) is 0 Å². The van der Waals surface area contributed by atoms with Gasteiger partial charge in [0.05, 0.1) is 0 Å². The van der Waals surface area contributed by atoms with Crippen LogP contribution in [0.1, 0.15) is 13.3 Å². The van der Waals surface area contributed by atoms with Crippen LogP contribution in [0.3, 0.4) is 0 Å². The maximum atomic E-state index is 9.65. The van der Waals surface area contributed by atoms with Crippen LogP contribution in [0.15, 0.2) is 0 Å². The van der Waals surface area contributed by atoms with Gasteiger partial charge in [-0.05, 0) is 19.9 Å². The van der Waals surface area contributed by atoms with Crippen LogP contribution in [0.25, 0.3) is 0 Å². The summed E-state index contributed by atoms with van der Waals surface area (Å²) in [5.41, 5.74) is 5.37. The molecule has 0 rings (SSSR count). The van der Waals surface area contributed by atoms with Gasteiger partial charge in [-0.1, -0.05) is 0 Å². The summed E-state index contributed by atoms with van der Waals surface area (Å²) in [5, 5.41) is 22.4. The van der Waals surface area contributed by atoms with Crippen LogP contribution in [0, 0.1) is 0 Å². The van der Waals surface area contributed by atoms with Gasteiger partial charge in [0.25, 0.3) is 0 Å². The van der Waals surface area contributed by atoms with Crippen molar-refractivity contribution in [3.63, 3.8) is 0 Å². The second-order valence-corrected chi connectivity index (χ2v) is 4.51. The molecule has 7 heteroatoms. The van der Waals surface area contributed by atoms with E-state index in [1.807, 2.05) is 6.92 Å². The summed E-state index contributed by atoms with van der Waals surface area (Å²) in [5.74, 6) is 0. The van der Waals surface area contributed by atoms with Crippen molar-refractivity contribution < 1.29 is 9.84 Å². The van der Waals surface area contributed by atoms with Gasteiger partial charge >= 0.3 is 0 Å². The van der Waals surface area contributed by atoms with Crippen molar-refractivity contribution in [2.75, 3.05) is 65.6 Å². The largest absolute Gasteiger partial charge is 0.382 e. The monoisotopic (exact) mass is 291 g/mol. The maximum Gasteiger partial charge on any atom is 0.117 e. The number of aliphatic hydroxyl groups is 1. The van der Waals surface area contributed by atoms with Gasteiger partial charge in [0, 0.05) is 59.0 Å². The van der Waals surface area contributed by atoms with E-state index in [9.17, 15) is 5.11 Å². The lowest BCUT2D eigenvalue weighted by molar-refractivity contribution is 0.118. The number of aliphatic hydroxyl groups excluding tert-OH is 1. The second kappa shape index (κ2) is 16.8. The molecule has 0 amide bonds. The molecule has 0 aliphatic rings. The van der Waals surface area contributed by atoms with Gasteiger partial charge < -0.3 is 31.5 Å². The minimum atomic E-state index is -0.497. The summed E-state index contributed by atoms with van der Waals surface area (Å²) >= 11 is 0. The van der Waals surface area contributed by atoms with E-state index in [0.717, 1.165) is 58.9 Å². The molecule has 1 atom stereocenters. The fraction of sp³-hybridized carbons (Fsp3) is 1.00. The molecule has 1 unspecified atom stereocenters. The third-order valence-corrected chi connectivity index (χ3v) is 2.67. The predicted octanol–water partition coefficient (Wildman–Crippen LogP) is -1.95. The van der Waals surface area contributed by atoms with Gasteiger partial charge in [0.15, 0.2) is 0 Å². The zero-order valence-electron chi connectivity index (χ0n) is 12.8. The molecule has 0 aromatic carbocycles. The number of ether oxygens (including phenoxy) is 1. The van der Waals surface area contributed by atoms with Crippen LogP contribution in [-0.2, 0) is 4.74 Å². The Morgan fingerprint density at radius 1 is 1.00 bits per heavy atom. The van der Waals surface area contributed by atoms with Crippen molar-refractivity contribution in [1.82, 2.24) is 21.3 Å². The highest BCUT2D eigenvalue weighted by Crippen LogP contribution is 1.82. The predicted molar refractivity (Wildman–Crippen MR) is 82.8 cm³/mol. The fourth-order valence-corrected chi connectivity index (χ4v) is 1.60. The molecule has 0 aliphatic heterocycles. The maximum absolute atomic E-state index is 9.65. The molecule has 0 radical (unpaired) electrons.